The number of alkyl halides is 1. The lowest BCUT2D eigenvalue weighted by molar-refractivity contribution is 0.0791. The lowest BCUT2D eigenvalue weighted by Gasteiger charge is -2.15. The summed E-state index contributed by atoms with van der Waals surface area (Å²) in [4.78, 5) is 15.0. The third-order valence-corrected chi connectivity index (χ3v) is 5.19. The molecular weight excluding hydrogens is 354 g/mol. The van der Waals surface area contributed by atoms with Gasteiger partial charge in [-0.3, -0.25) is 4.79 Å². The van der Waals surface area contributed by atoms with Crippen LogP contribution in [0.5, 0.6) is 0 Å². The number of amides is 1. The molecule has 2 heterocycles. The average Bonchev–Trinajstić information content (AvgIpc) is 2.87. The second-order valence-corrected chi connectivity index (χ2v) is 6.54. The minimum atomic E-state index is 0.180. The highest BCUT2D eigenvalue weighted by atomic mass is 79.9. The number of rotatable bonds is 3. The van der Waals surface area contributed by atoms with Gasteiger partial charge in [-0.1, -0.05) is 15.9 Å². The van der Waals surface area contributed by atoms with Gasteiger partial charge in [0.15, 0.2) is 0 Å². The molecule has 1 aromatic rings. The molecule has 0 spiro atoms. The fourth-order valence-corrected chi connectivity index (χ4v) is 4.15. The molecule has 1 unspecified atom stereocenters. The van der Waals surface area contributed by atoms with Gasteiger partial charge in [0.2, 0.25) is 0 Å². The Balaban J connectivity index is 2.00. The topological polar surface area (TPSA) is 20.3 Å². The molecule has 0 radical (unpaired) electrons. The van der Waals surface area contributed by atoms with Crippen molar-refractivity contribution in [1.82, 2.24) is 4.90 Å². The molecule has 1 aromatic heterocycles. The maximum absolute atomic E-state index is 12.2. The Bertz CT molecular complexity index is 380. The van der Waals surface area contributed by atoms with Crippen molar-refractivity contribution in [2.45, 2.75) is 12.8 Å². The van der Waals surface area contributed by atoms with Crippen LogP contribution in [0.3, 0.4) is 0 Å². The Kier molecular flexibility index (Phi) is 4.44. The predicted molar refractivity (Wildman–Crippen MR) is 74.4 cm³/mol. The molecule has 0 aliphatic carbocycles. The third kappa shape index (κ3) is 2.68. The minimum Gasteiger partial charge on any atom is -0.338 e. The normalized spacial score (nSPS) is 20.4. The first-order chi connectivity index (χ1) is 7.72. The fourth-order valence-electron chi connectivity index (χ4n) is 2.00. The summed E-state index contributed by atoms with van der Waals surface area (Å²) >= 11 is 8.38. The lowest BCUT2D eigenvalue weighted by atomic mass is 10.1. The van der Waals surface area contributed by atoms with Crippen molar-refractivity contribution in [2.24, 2.45) is 5.92 Å². The van der Waals surface area contributed by atoms with Crippen molar-refractivity contribution in [3.05, 3.63) is 20.8 Å². The van der Waals surface area contributed by atoms with E-state index in [2.05, 4.69) is 31.9 Å². The van der Waals surface area contributed by atoms with E-state index in [1.165, 1.54) is 11.3 Å². The third-order valence-electron chi connectivity index (χ3n) is 2.90. The minimum absolute atomic E-state index is 0.180. The first kappa shape index (κ1) is 12.6. The molecule has 1 saturated heterocycles. The first-order valence-corrected chi connectivity index (χ1v) is 8.10. The van der Waals surface area contributed by atoms with Gasteiger partial charge in [0.05, 0.1) is 0 Å². The van der Waals surface area contributed by atoms with Gasteiger partial charge >= 0.3 is 0 Å². The molecule has 5 heteroatoms. The van der Waals surface area contributed by atoms with Crippen LogP contribution in [0.2, 0.25) is 0 Å². The quantitative estimate of drug-likeness (QED) is 0.746. The molecule has 1 fully saturated rings. The van der Waals surface area contributed by atoms with Crippen LogP contribution in [0.15, 0.2) is 15.9 Å². The van der Waals surface area contributed by atoms with Crippen molar-refractivity contribution in [2.75, 3.05) is 18.4 Å². The first-order valence-electron chi connectivity index (χ1n) is 5.30. The van der Waals surface area contributed by atoms with Crippen LogP contribution in [0.1, 0.15) is 22.5 Å². The van der Waals surface area contributed by atoms with Crippen LogP contribution >= 0.6 is 43.2 Å². The van der Waals surface area contributed by atoms with E-state index >= 15 is 0 Å². The lowest BCUT2D eigenvalue weighted by Crippen LogP contribution is -2.28. The Morgan fingerprint density at radius 2 is 2.44 bits per heavy atom. The highest BCUT2D eigenvalue weighted by Crippen LogP contribution is 2.27. The Hall–Kier alpha value is 0.130. The van der Waals surface area contributed by atoms with Crippen molar-refractivity contribution < 1.29 is 4.79 Å². The van der Waals surface area contributed by atoms with Gasteiger partial charge in [0, 0.05) is 22.9 Å². The molecule has 16 heavy (non-hydrogen) atoms. The zero-order valence-electron chi connectivity index (χ0n) is 8.79. The van der Waals surface area contributed by atoms with Crippen molar-refractivity contribution in [1.29, 1.82) is 0 Å². The Labute approximate surface area is 116 Å². The van der Waals surface area contributed by atoms with E-state index in [-0.39, 0.29) is 5.91 Å². The van der Waals surface area contributed by atoms with Crippen LogP contribution in [0.25, 0.3) is 0 Å². The predicted octanol–water partition coefficient (Wildman–Crippen LogP) is 3.76. The molecule has 1 aliphatic heterocycles. The van der Waals surface area contributed by atoms with E-state index < -0.39 is 0 Å². The van der Waals surface area contributed by atoms with Crippen molar-refractivity contribution in [3.8, 4) is 0 Å². The largest absolute Gasteiger partial charge is 0.338 e. The van der Waals surface area contributed by atoms with Crippen LogP contribution in [0, 0.1) is 5.92 Å². The van der Waals surface area contributed by atoms with Crippen LogP contribution in [-0.2, 0) is 0 Å². The summed E-state index contributed by atoms with van der Waals surface area (Å²) in [5.74, 6) is 0.848. The number of thiophene rings is 1. The number of halogens is 2. The number of hydrogen-bond acceptors (Lipinski definition) is 2. The van der Waals surface area contributed by atoms with E-state index in [9.17, 15) is 4.79 Å². The Morgan fingerprint density at radius 1 is 1.62 bits per heavy atom. The summed E-state index contributed by atoms with van der Waals surface area (Å²) in [5, 5.41) is 2.98. The van der Waals surface area contributed by atoms with E-state index in [0.29, 0.717) is 5.92 Å². The van der Waals surface area contributed by atoms with E-state index in [4.69, 9.17) is 0 Å². The number of nitrogens with zero attached hydrogens (tertiary/aromatic N) is 1. The summed E-state index contributed by atoms with van der Waals surface area (Å²) in [6.45, 7) is 1.82. The second kappa shape index (κ2) is 5.65. The van der Waals surface area contributed by atoms with Gasteiger partial charge in [-0.25, -0.2) is 0 Å². The molecular formula is C11H13Br2NOS. The molecule has 1 aliphatic rings. The zero-order valence-corrected chi connectivity index (χ0v) is 12.8. The molecule has 0 saturated carbocycles. The van der Waals surface area contributed by atoms with E-state index in [1.807, 2.05) is 16.3 Å². The molecule has 1 atom stereocenters. The number of likely N-dealkylation sites (tertiary alicyclic amines) is 1. The number of carbonyl (C=O) groups is 1. The van der Waals surface area contributed by atoms with E-state index in [1.54, 1.807) is 0 Å². The van der Waals surface area contributed by atoms with Gasteiger partial charge in [-0.2, -0.15) is 0 Å². The number of carbonyl (C=O) groups excluding carboxylic acids is 1. The smallest absolute Gasteiger partial charge is 0.265 e. The second-order valence-electron chi connectivity index (χ2n) is 3.98. The molecule has 0 aromatic carbocycles. The summed E-state index contributed by atoms with van der Waals surface area (Å²) in [5.41, 5.74) is 0. The zero-order chi connectivity index (χ0) is 11.5. The SMILES string of the molecule is O=C(c1sccc1Br)N1CCC(CCBr)C1. The van der Waals surface area contributed by atoms with Gasteiger partial charge in [0.1, 0.15) is 4.88 Å². The molecule has 88 valence electrons. The maximum Gasteiger partial charge on any atom is 0.265 e. The summed E-state index contributed by atoms with van der Waals surface area (Å²) in [7, 11) is 0. The van der Waals surface area contributed by atoms with Crippen molar-refractivity contribution in [3.63, 3.8) is 0 Å². The summed E-state index contributed by atoms with van der Waals surface area (Å²) in [6.07, 6.45) is 2.30. The van der Waals surface area contributed by atoms with Gasteiger partial charge < -0.3 is 4.90 Å². The maximum atomic E-state index is 12.2. The number of hydrogen-bond donors (Lipinski definition) is 0. The van der Waals surface area contributed by atoms with Crippen LogP contribution < -0.4 is 0 Å². The standard InChI is InChI=1S/C11H13Br2NOS/c12-4-1-8-2-5-14(7-8)11(15)10-9(13)3-6-16-10/h3,6,8H,1-2,4-5,7H2. The van der Waals surface area contributed by atoms with Gasteiger partial charge in [0.25, 0.3) is 5.91 Å². The van der Waals surface area contributed by atoms with Crippen LogP contribution in [0.4, 0.5) is 0 Å². The Morgan fingerprint density at radius 3 is 3.06 bits per heavy atom. The highest BCUT2D eigenvalue weighted by Gasteiger charge is 2.27. The highest BCUT2D eigenvalue weighted by molar-refractivity contribution is 9.10. The van der Waals surface area contributed by atoms with Crippen molar-refractivity contribution >= 4 is 49.1 Å². The molecule has 0 N–H and O–H groups in total. The van der Waals surface area contributed by atoms with Gasteiger partial charge in [-0.05, 0) is 46.1 Å². The molecule has 2 nitrogen and oxygen atoms in total. The summed E-state index contributed by atoms with van der Waals surface area (Å²) in [6, 6.07) is 1.93. The summed E-state index contributed by atoms with van der Waals surface area (Å²) < 4.78 is 0.923. The fraction of sp³-hybridized carbons (Fsp3) is 0.545. The average molecular weight is 367 g/mol. The molecule has 1 amide bonds. The van der Waals surface area contributed by atoms with E-state index in [0.717, 1.165) is 40.6 Å². The van der Waals surface area contributed by atoms with Gasteiger partial charge in [-0.15, -0.1) is 11.3 Å². The molecule has 0 bridgehead atoms. The van der Waals surface area contributed by atoms with Crippen LogP contribution in [-0.4, -0.2) is 29.2 Å². The monoisotopic (exact) mass is 365 g/mol. The molecule has 2 rings (SSSR count).